The van der Waals surface area contributed by atoms with E-state index in [4.69, 9.17) is 4.74 Å². The zero-order valence-corrected chi connectivity index (χ0v) is 19.9. The van der Waals surface area contributed by atoms with Crippen LogP contribution in [-0.2, 0) is 11.8 Å². The summed E-state index contributed by atoms with van der Waals surface area (Å²) in [7, 11) is 4.83. The average molecular weight is 467 g/mol. The van der Waals surface area contributed by atoms with Crippen LogP contribution in [0.5, 0.6) is 5.75 Å². The van der Waals surface area contributed by atoms with Gasteiger partial charge in [-0.3, -0.25) is 14.3 Å². The number of amides is 2. The summed E-state index contributed by atoms with van der Waals surface area (Å²) in [6.07, 6.45) is 6.00. The molecule has 0 aliphatic carbocycles. The molecule has 2 heterocycles. The first-order valence-corrected chi connectivity index (χ1v) is 11.2. The Kier molecular flexibility index (Phi) is 8.49. The van der Waals surface area contributed by atoms with Gasteiger partial charge in [-0.15, -0.1) is 10.2 Å². The SMILES string of the molecule is CCCCCCC(=O)Nc1cc(Nc2cccc(-c3ncn(C)n3)c2OC)c(C(=O)NC)nn1. The minimum absolute atomic E-state index is 0.0758. The van der Waals surface area contributed by atoms with E-state index in [1.165, 1.54) is 7.05 Å². The maximum atomic E-state index is 12.4. The number of rotatable bonds is 11. The van der Waals surface area contributed by atoms with Crippen molar-refractivity contribution >= 4 is 29.0 Å². The first kappa shape index (κ1) is 24.6. The third-order valence-electron chi connectivity index (χ3n) is 5.09. The predicted molar refractivity (Wildman–Crippen MR) is 129 cm³/mol. The van der Waals surface area contributed by atoms with Crippen molar-refractivity contribution in [1.29, 1.82) is 0 Å². The van der Waals surface area contributed by atoms with Crippen molar-refractivity contribution < 1.29 is 14.3 Å². The lowest BCUT2D eigenvalue weighted by molar-refractivity contribution is -0.116. The van der Waals surface area contributed by atoms with Crippen LogP contribution in [0.15, 0.2) is 30.6 Å². The van der Waals surface area contributed by atoms with E-state index in [0.717, 1.165) is 25.7 Å². The predicted octanol–water partition coefficient (Wildman–Crippen LogP) is 3.29. The van der Waals surface area contributed by atoms with E-state index in [1.54, 1.807) is 37.3 Å². The van der Waals surface area contributed by atoms with Crippen LogP contribution in [0.4, 0.5) is 17.2 Å². The molecule has 0 fully saturated rings. The molecule has 1 aromatic carbocycles. The Labute approximate surface area is 198 Å². The molecule has 34 heavy (non-hydrogen) atoms. The quantitative estimate of drug-likeness (QED) is 0.366. The second-order valence-electron chi connectivity index (χ2n) is 7.68. The lowest BCUT2D eigenvalue weighted by atomic mass is 10.1. The molecule has 11 nitrogen and oxygen atoms in total. The van der Waals surface area contributed by atoms with E-state index >= 15 is 0 Å². The standard InChI is InChI=1S/C23H30N8O3/c1-5-6-7-8-12-19(32)27-18-13-17(20(29-28-18)23(33)24-2)26-16-11-9-10-15(21(16)34-4)22-25-14-31(3)30-22/h9-11,13-14H,5-8,12H2,1-4H3,(H,24,33)(H2,26,27,28,32). The van der Waals surface area contributed by atoms with Crippen LogP contribution in [0, 0.1) is 0 Å². The molecule has 0 unspecified atom stereocenters. The van der Waals surface area contributed by atoms with Crippen LogP contribution in [0.1, 0.15) is 49.5 Å². The third-order valence-corrected chi connectivity index (χ3v) is 5.09. The van der Waals surface area contributed by atoms with E-state index in [0.29, 0.717) is 34.9 Å². The number of nitrogens with one attached hydrogen (secondary N) is 3. The second kappa shape index (κ2) is 11.7. The number of para-hydroxylation sites is 1. The summed E-state index contributed by atoms with van der Waals surface area (Å²) in [6, 6.07) is 7.04. The Balaban J connectivity index is 1.90. The van der Waals surface area contributed by atoms with Gasteiger partial charge in [0, 0.05) is 26.6 Å². The molecular formula is C23H30N8O3. The number of ether oxygens (including phenoxy) is 1. The summed E-state index contributed by atoms with van der Waals surface area (Å²) in [6.45, 7) is 2.12. The van der Waals surface area contributed by atoms with Crippen molar-refractivity contribution in [1.82, 2.24) is 30.3 Å². The Morgan fingerprint density at radius 1 is 1.12 bits per heavy atom. The van der Waals surface area contributed by atoms with Crippen molar-refractivity contribution in [3.63, 3.8) is 0 Å². The first-order valence-electron chi connectivity index (χ1n) is 11.2. The lowest BCUT2D eigenvalue weighted by Gasteiger charge is -2.16. The van der Waals surface area contributed by atoms with Crippen LogP contribution < -0.4 is 20.7 Å². The number of aromatic nitrogens is 5. The second-order valence-corrected chi connectivity index (χ2v) is 7.68. The molecule has 11 heteroatoms. The highest BCUT2D eigenvalue weighted by Gasteiger charge is 2.19. The number of hydrogen-bond donors (Lipinski definition) is 3. The maximum absolute atomic E-state index is 12.4. The molecule has 180 valence electrons. The van der Waals surface area contributed by atoms with Gasteiger partial charge in [-0.1, -0.05) is 32.3 Å². The van der Waals surface area contributed by atoms with Crippen LogP contribution in [0.3, 0.4) is 0 Å². The molecule has 0 radical (unpaired) electrons. The van der Waals surface area contributed by atoms with E-state index < -0.39 is 5.91 Å². The minimum atomic E-state index is -0.422. The number of nitrogens with zero attached hydrogens (tertiary/aromatic N) is 5. The molecule has 0 spiro atoms. The monoisotopic (exact) mass is 466 g/mol. The van der Waals surface area contributed by atoms with Crippen LogP contribution in [0.25, 0.3) is 11.4 Å². The molecule has 2 amide bonds. The molecule has 0 saturated heterocycles. The molecule has 0 atom stereocenters. The number of benzene rings is 1. The van der Waals surface area contributed by atoms with Crippen molar-refractivity contribution in [2.45, 2.75) is 39.0 Å². The van der Waals surface area contributed by atoms with Gasteiger partial charge in [0.15, 0.2) is 23.1 Å². The Hall–Kier alpha value is -4.02. The number of anilines is 3. The van der Waals surface area contributed by atoms with E-state index in [1.807, 2.05) is 12.1 Å². The normalized spacial score (nSPS) is 10.6. The number of methoxy groups -OCH3 is 1. The Morgan fingerprint density at radius 2 is 1.94 bits per heavy atom. The molecule has 3 N–H and O–H groups in total. The summed E-state index contributed by atoms with van der Waals surface area (Å²) in [5, 5.41) is 20.9. The van der Waals surface area contributed by atoms with E-state index in [9.17, 15) is 9.59 Å². The van der Waals surface area contributed by atoms with Gasteiger partial charge in [0.05, 0.1) is 24.0 Å². The van der Waals surface area contributed by atoms with Crippen molar-refractivity contribution in [2.24, 2.45) is 7.05 Å². The highest BCUT2D eigenvalue weighted by atomic mass is 16.5. The molecule has 2 aromatic heterocycles. The van der Waals surface area contributed by atoms with Crippen LogP contribution >= 0.6 is 0 Å². The maximum Gasteiger partial charge on any atom is 0.273 e. The largest absolute Gasteiger partial charge is 0.494 e. The summed E-state index contributed by atoms with van der Waals surface area (Å²) in [5.41, 5.74) is 1.69. The third kappa shape index (κ3) is 6.06. The Bertz CT molecular complexity index is 1140. The number of aryl methyl sites for hydroxylation is 1. The number of carbonyl (C=O) groups excluding carboxylic acids is 2. The van der Waals surface area contributed by atoms with Gasteiger partial charge in [-0.25, -0.2) is 4.98 Å². The molecule has 0 aliphatic rings. The summed E-state index contributed by atoms with van der Waals surface area (Å²) in [4.78, 5) is 29.0. The molecule has 0 saturated carbocycles. The molecule has 0 bridgehead atoms. The zero-order valence-electron chi connectivity index (χ0n) is 19.9. The molecular weight excluding hydrogens is 436 g/mol. The van der Waals surface area contributed by atoms with Gasteiger partial charge in [0.1, 0.15) is 6.33 Å². The van der Waals surface area contributed by atoms with Crippen LogP contribution in [0.2, 0.25) is 0 Å². The van der Waals surface area contributed by atoms with Gasteiger partial charge >= 0.3 is 0 Å². The zero-order chi connectivity index (χ0) is 24.5. The summed E-state index contributed by atoms with van der Waals surface area (Å²) in [5.74, 6) is 0.671. The van der Waals surface area contributed by atoms with E-state index in [-0.39, 0.29) is 17.4 Å². The van der Waals surface area contributed by atoms with Gasteiger partial charge in [0.2, 0.25) is 5.91 Å². The fourth-order valence-corrected chi connectivity index (χ4v) is 3.39. The highest BCUT2D eigenvalue weighted by Crippen LogP contribution is 2.37. The fourth-order valence-electron chi connectivity index (χ4n) is 3.39. The number of carbonyl (C=O) groups is 2. The Morgan fingerprint density at radius 3 is 2.62 bits per heavy atom. The van der Waals surface area contributed by atoms with Crippen LogP contribution in [-0.4, -0.2) is 50.9 Å². The summed E-state index contributed by atoms with van der Waals surface area (Å²) >= 11 is 0. The molecule has 0 aliphatic heterocycles. The van der Waals surface area contributed by atoms with Crippen molar-refractivity contribution in [3.8, 4) is 17.1 Å². The summed E-state index contributed by atoms with van der Waals surface area (Å²) < 4.78 is 7.24. The highest BCUT2D eigenvalue weighted by molar-refractivity contribution is 5.99. The minimum Gasteiger partial charge on any atom is -0.494 e. The van der Waals surface area contributed by atoms with Gasteiger partial charge < -0.3 is 20.7 Å². The first-order chi connectivity index (χ1) is 16.5. The van der Waals surface area contributed by atoms with Gasteiger partial charge in [0.25, 0.3) is 5.91 Å². The number of hydrogen-bond acceptors (Lipinski definition) is 8. The smallest absolute Gasteiger partial charge is 0.273 e. The lowest BCUT2D eigenvalue weighted by Crippen LogP contribution is -2.22. The fraction of sp³-hybridized carbons (Fsp3) is 0.391. The number of unbranched alkanes of at least 4 members (excludes halogenated alkanes) is 3. The average Bonchev–Trinajstić information content (AvgIpc) is 3.27. The van der Waals surface area contributed by atoms with E-state index in [2.05, 4.69) is 43.2 Å². The van der Waals surface area contributed by atoms with Gasteiger partial charge in [-0.05, 0) is 18.6 Å². The van der Waals surface area contributed by atoms with Gasteiger partial charge in [-0.2, -0.15) is 5.10 Å². The molecule has 3 aromatic rings. The van der Waals surface area contributed by atoms with Crippen molar-refractivity contribution in [2.75, 3.05) is 24.8 Å². The molecule has 3 rings (SSSR count). The van der Waals surface area contributed by atoms with Crippen molar-refractivity contribution in [3.05, 3.63) is 36.3 Å². The topological polar surface area (TPSA) is 136 Å².